The summed E-state index contributed by atoms with van der Waals surface area (Å²) in [5, 5.41) is 16.1. The van der Waals surface area contributed by atoms with Crippen LogP contribution >= 0.6 is 23.2 Å². The summed E-state index contributed by atoms with van der Waals surface area (Å²) in [6.45, 7) is 3.95. The van der Waals surface area contributed by atoms with Gasteiger partial charge in [-0.05, 0) is 37.3 Å². The lowest BCUT2D eigenvalue weighted by Gasteiger charge is -2.40. The van der Waals surface area contributed by atoms with Crippen molar-refractivity contribution in [3.8, 4) is 0 Å². The molecule has 3 heterocycles. The highest BCUT2D eigenvalue weighted by molar-refractivity contribution is 6.42. The van der Waals surface area contributed by atoms with Crippen LogP contribution in [0, 0.1) is 0 Å². The number of aromatic nitrogens is 4. The average molecular weight is 406 g/mol. The lowest BCUT2D eigenvalue weighted by molar-refractivity contribution is 0.184. The van der Waals surface area contributed by atoms with Crippen LogP contribution in [0.1, 0.15) is 6.92 Å². The molecule has 1 aliphatic rings. The summed E-state index contributed by atoms with van der Waals surface area (Å²) < 4.78 is 1.64. The second kappa shape index (κ2) is 7.21. The van der Waals surface area contributed by atoms with Gasteiger partial charge in [-0.2, -0.15) is 4.52 Å². The highest BCUT2D eigenvalue weighted by Crippen LogP contribution is 2.25. The Balaban J connectivity index is 1.43. The van der Waals surface area contributed by atoms with Gasteiger partial charge in [0.25, 0.3) is 0 Å². The molecule has 1 fully saturated rings. The number of hydrogen-bond acceptors (Lipinski definition) is 5. The third-order valence-corrected chi connectivity index (χ3v) is 5.27. The number of carbonyl (C=O) groups excluding carboxylic acids is 1. The molecule has 0 bridgehead atoms. The second-order valence-corrected chi connectivity index (χ2v) is 7.19. The number of amides is 2. The number of hydrogen-bond donors (Lipinski definition) is 1. The van der Waals surface area contributed by atoms with Crippen molar-refractivity contribution in [2.24, 2.45) is 0 Å². The van der Waals surface area contributed by atoms with Crippen molar-refractivity contribution in [3.63, 3.8) is 0 Å². The van der Waals surface area contributed by atoms with Crippen LogP contribution < -0.4 is 10.2 Å². The Morgan fingerprint density at radius 3 is 2.81 bits per heavy atom. The predicted molar refractivity (Wildman–Crippen MR) is 105 cm³/mol. The number of urea groups is 1. The molecule has 1 unspecified atom stereocenters. The number of nitrogens with one attached hydrogen (secondary N) is 1. The van der Waals surface area contributed by atoms with E-state index in [0.717, 1.165) is 5.82 Å². The molecule has 1 aliphatic heterocycles. The van der Waals surface area contributed by atoms with Crippen LogP contribution in [-0.4, -0.2) is 56.4 Å². The Hall–Kier alpha value is -2.58. The fraction of sp³-hybridized carbons (Fsp3) is 0.294. The summed E-state index contributed by atoms with van der Waals surface area (Å²) in [4.78, 5) is 16.6. The van der Waals surface area contributed by atoms with Gasteiger partial charge in [0.05, 0.1) is 10.0 Å². The molecule has 1 N–H and O–H groups in total. The Morgan fingerprint density at radius 1 is 1.19 bits per heavy atom. The van der Waals surface area contributed by atoms with Gasteiger partial charge in [-0.15, -0.1) is 15.3 Å². The quantitative estimate of drug-likeness (QED) is 0.708. The topological polar surface area (TPSA) is 78.7 Å². The molecule has 10 heteroatoms. The van der Waals surface area contributed by atoms with Crippen molar-refractivity contribution in [2.45, 2.75) is 13.0 Å². The number of piperazine rings is 1. The first-order chi connectivity index (χ1) is 13.0. The molecule has 8 nitrogen and oxygen atoms in total. The van der Waals surface area contributed by atoms with Crippen LogP contribution in [-0.2, 0) is 0 Å². The zero-order valence-electron chi connectivity index (χ0n) is 14.5. The molecule has 1 atom stereocenters. The molecular formula is C17H17Cl2N7O. The fourth-order valence-electron chi connectivity index (χ4n) is 3.12. The van der Waals surface area contributed by atoms with E-state index in [1.54, 1.807) is 33.9 Å². The zero-order valence-corrected chi connectivity index (χ0v) is 16.0. The van der Waals surface area contributed by atoms with Gasteiger partial charge >= 0.3 is 6.03 Å². The number of carbonyl (C=O) groups is 1. The number of anilines is 2. The van der Waals surface area contributed by atoms with Crippen molar-refractivity contribution >= 4 is 46.4 Å². The monoisotopic (exact) mass is 405 g/mol. The van der Waals surface area contributed by atoms with Crippen molar-refractivity contribution < 1.29 is 4.79 Å². The Kier molecular flexibility index (Phi) is 4.75. The summed E-state index contributed by atoms with van der Waals surface area (Å²) in [6, 6.07) is 8.67. The van der Waals surface area contributed by atoms with E-state index in [0.29, 0.717) is 41.0 Å². The number of nitrogens with zero attached hydrogens (tertiary/aromatic N) is 6. The SMILES string of the molecule is CC1CN(c2ccc3nncn3n2)CCN1C(=O)Nc1ccc(Cl)c(Cl)c1. The van der Waals surface area contributed by atoms with Crippen molar-refractivity contribution in [1.29, 1.82) is 0 Å². The van der Waals surface area contributed by atoms with E-state index in [-0.39, 0.29) is 12.1 Å². The number of benzene rings is 1. The molecular weight excluding hydrogens is 389 g/mol. The first-order valence-corrected chi connectivity index (χ1v) is 9.21. The van der Waals surface area contributed by atoms with E-state index in [1.807, 2.05) is 19.1 Å². The van der Waals surface area contributed by atoms with E-state index < -0.39 is 0 Å². The maximum absolute atomic E-state index is 12.6. The molecule has 2 amide bonds. The van der Waals surface area contributed by atoms with Crippen molar-refractivity contribution in [2.75, 3.05) is 29.9 Å². The lowest BCUT2D eigenvalue weighted by atomic mass is 10.2. The van der Waals surface area contributed by atoms with E-state index in [1.165, 1.54) is 0 Å². The van der Waals surface area contributed by atoms with Crippen LogP contribution in [0.2, 0.25) is 10.0 Å². The highest BCUT2D eigenvalue weighted by Gasteiger charge is 2.28. The minimum absolute atomic E-state index is 0.0138. The first-order valence-electron chi connectivity index (χ1n) is 8.46. The summed E-state index contributed by atoms with van der Waals surface area (Å²) in [5.74, 6) is 0.832. The third-order valence-electron chi connectivity index (χ3n) is 4.53. The zero-order chi connectivity index (χ0) is 19.0. The normalized spacial score (nSPS) is 17.4. The molecule has 1 saturated heterocycles. The van der Waals surface area contributed by atoms with Gasteiger partial charge in [-0.1, -0.05) is 23.2 Å². The van der Waals surface area contributed by atoms with Gasteiger partial charge in [0.2, 0.25) is 0 Å². The van der Waals surface area contributed by atoms with Gasteiger partial charge in [0, 0.05) is 31.4 Å². The van der Waals surface area contributed by atoms with E-state index in [2.05, 4.69) is 25.5 Å². The number of fused-ring (bicyclic) bond motifs is 1. The Morgan fingerprint density at radius 2 is 2.04 bits per heavy atom. The van der Waals surface area contributed by atoms with Gasteiger partial charge in [-0.25, -0.2) is 4.79 Å². The minimum Gasteiger partial charge on any atom is -0.351 e. The van der Waals surface area contributed by atoms with E-state index in [4.69, 9.17) is 23.2 Å². The van der Waals surface area contributed by atoms with Crippen LogP contribution in [0.15, 0.2) is 36.7 Å². The van der Waals surface area contributed by atoms with Crippen LogP contribution in [0.5, 0.6) is 0 Å². The molecule has 140 valence electrons. The predicted octanol–water partition coefficient (Wildman–Crippen LogP) is 3.17. The van der Waals surface area contributed by atoms with Crippen molar-refractivity contribution in [3.05, 3.63) is 46.7 Å². The summed E-state index contributed by atoms with van der Waals surface area (Å²) in [5.41, 5.74) is 1.31. The summed E-state index contributed by atoms with van der Waals surface area (Å²) in [7, 11) is 0. The summed E-state index contributed by atoms with van der Waals surface area (Å²) >= 11 is 11.9. The van der Waals surface area contributed by atoms with Gasteiger partial charge in [-0.3, -0.25) is 0 Å². The molecule has 27 heavy (non-hydrogen) atoms. The van der Waals surface area contributed by atoms with Crippen LogP contribution in [0.25, 0.3) is 5.65 Å². The van der Waals surface area contributed by atoms with Gasteiger partial charge < -0.3 is 15.1 Å². The molecule has 3 aromatic rings. The van der Waals surface area contributed by atoms with E-state index in [9.17, 15) is 4.79 Å². The second-order valence-electron chi connectivity index (χ2n) is 6.37. The standard InChI is InChI=1S/C17H17Cl2N7O/c1-11-9-24(16-5-4-15-22-20-10-26(15)23-16)6-7-25(11)17(27)21-12-2-3-13(18)14(19)8-12/h2-5,8,10-11H,6-7,9H2,1H3,(H,21,27). The maximum atomic E-state index is 12.6. The van der Waals surface area contributed by atoms with Gasteiger partial charge in [0.1, 0.15) is 12.1 Å². The molecule has 4 rings (SSSR count). The lowest BCUT2D eigenvalue weighted by Crippen LogP contribution is -2.55. The Labute approximate surface area is 165 Å². The Bertz CT molecular complexity index is 992. The van der Waals surface area contributed by atoms with E-state index >= 15 is 0 Å². The molecule has 0 saturated carbocycles. The first kappa shape index (κ1) is 17.8. The number of halogens is 2. The van der Waals surface area contributed by atoms with Crippen molar-refractivity contribution in [1.82, 2.24) is 24.7 Å². The molecule has 0 spiro atoms. The van der Waals surface area contributed by atoms with Crippen LogP contribution in [0.3, 0.4) is 0 Å². The average Bonchev–Trinajstić information content (AvgIpc) is 3.12. The van der Waals surface area contributed by atoms with Crippen LogP contribution in [0.4, 0.5) is 16.3 Å². The summed E-state index contributed by atoms with van der Waals surface area (Å²) in [6.07, 6.45) is 1.57. The highest BCUT2D eigenvalue weighted by atomic mass is 35.5. The third kappa shape index (κ3) is 3.63. The maximum Gasteiger partial charge on any atom is 0.322 e. The molecule has 0 aliphatic carbocycles. The van der Waals surface area contributed by atoms with Gasteiger partial charge in [0.15, 0.2) is 5.65 Å². The molecule has 1 aromatic carbocycles. The fourth-order valence-corrected chi connectivity index (χ4v) is 3.42. The molecule has 0 radical (unpaired) electrons. The smallest absolute Gasteiger partial charge is 0.322 e. The number of rotatable bonds is 2. The minimum atomic E-state index is -0.164. The largest absolute Gasteiger partial charge is 0.351 e. The molecule has 2 aromatic heterocycles.